The lowest BCUT2D eigenvalue weighted by molar-refractivity contribution is 0.352. The molecule has 0 heterocycles. The highest BCUT2D eigenvalue weighted by molar-refractivity contribution is 5.39. The minimum atomic E-state index is 0.455. The smallest absolute Gasteiger partial charge is 0.0299 e. The minimum Gasteiger partial charge on any atom is -0.307 e. The molecule has 0 aromatic heterocycles. The van der Waals surface area contributed by atoms with Crippen molar-refractivity contribution < 1.29 is 0 Å². The lowest BCUT2D eigenvalue weighted by Gasteiger charge is -2.27. The first-order valence-electron chi connectivity index (χ1n) is 7.83. The van der Waals surface area contributed by atoms with Gasteiger partial charge in [-0.1, -0.05) is 30.5 Å². The molecule has 0 amide bonds. The van der Waals surface area contributed by atoms with Crippen molar-refractivity contribution >= 4 is 0 Å². The number of aryl methyl sites for hydroxylation is 3. The van der Waals surface area contributed by atoms with Crippen molar-refractivity contribution in [3.05, 3.63) is 34.4 Å². The Balaban J connectivity index is 2.09. The molecule has 1 heteroatoms. The number of benzene rings is 1. The van der Waals surface area contributed by atoms with E-state index in [-0.39, 0.29) is 0 Å². The predicted octanol–water partition coefficient (Wildman–Crippen LogP) is 4.84. The summed E-state index contributed by atoms with van der Waals surface area (Å²) in [5, 5.41) is 3.84. The molecule has 0 bridgehead atoms. The summed E-state index contributed by atoms with van der Waals surface area (Å²) in [7, 11) is 0. The molecule has 0 radical (unpaired) electrons. The first-order chi connectivity index (χ1) is 8.99. The second-order valence-electron chi connectivity index (χ2n) is 6.53. The summed E-state index contributed by atoms with van der Waals surface area (Å²) in [6.45, 7) is 11.4. The Labute approximate surface area is 118 Å². The van der Waals surface area contributed by atoms with Gasteiger partial charge in [0.1, 0.15) is 0 Å². The summed E-state index contributed by atoms with van der Waals surface area (Å²) < 4.78 is 0. The van der Waals surface area contributed by atoms with Crippen LogP contribution in [0.4, 0.5) is 0 Å². The normalized spacial score (nSPS) is 19.6. The Morgan fingerprint density at radius 1 is 1.00 bits per heavy atom. The molecule has 2 rings (SSSR count). The van der Waals surface area contributed by atoms with E-state index in [1.165, 1.54) is 47.9 Å². The quantitative estimate of drug-likeness (QED) is 0.815. The average molecular weight is 259 g/mol. The average Bonchev–Trinajstić information content (AvgIpc) is 2.80. The Morgan fingerprint density at radius 3 is 2.05 bits per heavy atom. The predicted molar refractivity (Wildman–Crippen MR) is 83.6 cm³/mol. The highest BCUT2D eigenvalue weighted by Gasteiger charge is 2.23. The van der Waals surface area contributed by atoms with Crippen molar-refractivity contribution in [2.45, 2.75) is 72.4 Å². The van der Waals surface area contributed by atoms with E-state index in [9.17, 15) is 0 Å². The lowest BCUT2D eigenvalue weighted by atomic mass is 9.92. The van der Waals surface area contributed by atoms with Gasteiger partial charge in [-0.2, -0.15) is 0 Å². The van der Waals surface area contributed by atoms with Crippen molar-refractivity contribution in [3.63, 3.8) is 0 Å². The summed E-state index contributed by atoms with van der Waals surface area (Å²) in [5.41, 5.74) is 5.72. The molecule has 1 nitrogen and oxygen atoms in total. The molecule has 0 saturated heterocycles. The van der Waals surface area contributed by atoms with Crippen LogP contribution >= 0.6 is 0 Å². The molecule has 1 aromatic rings. The van der Waals surface area contributed by atoms with E-state index in [1.807, 2.05) is 0 Å². The van der Waals surface area contributed by atoms with Crippen molar-refractivity contribution in [1.29, 1.82) is 0 Å². The van der Waals surface area contributed by atoms with Crippen molar-refractivity contribution in [3.8, 4) is 0 Å². The van der Waals surface area contributed by atoms with Crippen LogP contribution in [0.2, 0.25) is 0 Å². The van der Waals surface area contributed by atoms with Gasteiger partial charge in [0, 0.05) is 12.1 Å². The van der Waals surface area contributed by atoms with Gasteiger partial charge < -0.3 is 5.32 Å². The molecule has 1 aliphatic carbocycles. The van der Waals surface area contributed by atoms with Gasteiger partial charge in [0.15, 0.2) is 0 Å². The van der Waals surface area contributed by atoms with E-state index in [0.717, 1.165) is 5.92 Å². The fraction of sp³-hybridized carbons (Fsp3) is 0.667. The number of hydrogen-bond acceptors (Lipinski definition) is 1. The van der Waals surface area contributed by atoms with Crippen LogP contribution in [0.25, 0.3) is 0 Å². The number of hydrogen-bond donors (Lipinski definition) is 1. The largest absolute Gasteiger partial charge is 0.307 e. The van der Waals surface area contributed by atoms with Crippen molar-refractivity contribution in [1.82, 2.24) is 5.32 Å². The van der Waals surface area contributed by atoms with Crippen molar-refractivity contribution in [2.75, 3.05) is 0 Å². The summed E-state index contributed by atoms with van der Waals surface area (Å²) in [6, 6.07) is 5.70. The fourth-order valence-electron chi connectivity index (χ4n) is 3.95. The fourth-order valence-corrected chi connectivity index (χ4v) is 3.95. The van der Waals surface area contributed by atoms with Gasteiger partial charge >= 0.3 is 0 Å². The van der Waals surface area contributed by atoms with Crippen LogP contribution in [0.1, 0.15) is 67.8 Å². The molecule has 106 valence electrons. The molecular formula is C18H29N. The van der Waals surface area contributed by atoms with Gasteiger partial charge in [-0.3, -0.25) is 0 Å². The summed E-state index contributed by atoms with van der Waals surface area (Å²) in [6.07, 6.45) is 5.67. The maximum absolute atomic E-state index is 3.84. The summed E-state index contributed by atoms with van der Waals surface area (Å²) >= 11 is 0. The minimum absolute atomic E-state index is 0.455. The van der Waals surface area contributed by atoms with Crippen LogP contribution < -0.4 is 5.32 Å². The molecule has 1 aromatic carbocycles. The topological polar surface area (TPSA) is 12.0 Å². The van der Waals surface area contributed by atoms with Gasteiger partial charge in [-0.15, -0.1) is 0 Å². The van der Waals surface area contributed by atoms with Crippen LogP contribution in [0, 0.1) is 26.7 Å². The van der Waals surface area contributed by atoms with Crippen LogP contribution in [0.5, 0.6) is 0 Å². The SMILES string of the molecule is Cc1cc(C)c(C(C)N[C@H](C)C2CCCC2)c(C)c1. The zero-order valence-corrected chi connectivity index (χ0v) is 13.2. The molecule has 0 aliphatic heterocycles. The third-order valence-electron chi connectivity index (χ3n) is 4.79. The second-order valence-corrected chi connectivity index (χ2v) is 6.53. The molecule has 1 saturated carbocycles. The van der Waals surface area contributed by atoms with Crippen LogP contribution in [0.15, 0.2) is 12.1 Å². The molecule has 0 spiro atoms. The molecule has 19 heavy (non-hydrogen) atoms. The third-order valence-corrected chi connectivity index (χ3v) is 4.79. The summed E-state index contributed by atoms with van der Waals surface area (Å²) in [4.78, 5) is 0. The highest BCUT2D eigenvalue weighted by atomic mass is 14.9. The van der Waals surface area contributed by atoms with Crippen LogP contribution in [-0.2, 0) is 0 Å². The molecule has 1 unspecified atom stereocenters. The Bertz CT molecular complexity index is 406. The van der Waals surface area contributed by atoms with Gasteiger partial charge in [-0.05, 0) is 70.1 Å². The van der Waals surface area contributed by atoms with Gasteiger partial charge in [-0.25, -0.2) is 0 Å². The maximum atomic E-state index is 3.84. The van der Waals surface area contributed by atoms with E-state index >= 15 is 0 Å². The zero-order valence-electron chi connectivity index (χ0n) is 13.2. The molecule has 1 aliphatic rings. The van der Waals surface area contributed by atoms with E-state index in [4.69, 9.17) is 0 Å². The lowest BCUT2D eigenvalue weighted by Crippen LogP contribution is -2.34. The first kappa shape index (κ1) is 14.6. The Morgan fingerprint density at radius 2 is 1.53 bits per heavy atom. The third kappa shape index (κ3) is 3.39. The van der Waals surface area contributed by atoms with Gasteiger partial charge in [0.25, 0.3) is 0 Å². The van der Waals surface area contributed by atoms with E-state index in [1.54, 1.807) is 0 Å². The standard InChI is InChI=1S/C18H29N/c1-12-10-13(2)18(14(3)11-12)16(5)19-15(4)17-8-6-7-9-17/h10-11,15-17,19H,6-9H2,1-5H3/t15-,16?/m1/s1. The molecule has 1 fully saturated rings. The van der Waals surface area contributed by atoms with E-state index in [0.29, 0.717) is 12.1 Å². The van der Waals surface area contributed by atoms with Gasteiger partial charge in [0.2, 0.25) is 0 Å². The van der Waals surface area contributed by atoms with E-state index < -0.39 is 0 Å². The van der Waals surface area contributed by atoms with Crippen molar-refractivity contribution in [2.24, 2.45) is 5.92 Å². The van der Waals surface area contributed by atoms with Crippen LogP contribution in [0.3, 0.4) is 0 Å². The first-order valence-corrected chi connectivity index (χ1v) is 7.83. The Kier molecular flexibility index (Phi) is 4.67. The number of rotatable bonds is 4. The van der Waals surface area contributed by atoms with Gasteiger partial charge in [0.05, 0.1) is 0 Å². The molecular weight excluding hydrogens is 230 g/mol. The molecule has 2 atom stereocenters. The van der Waals surface area contributed by atoms with E-state index in [2.05, 4.69) is 52.1 Å². The monoisotopic (exact) mass is 259 g/mol. The van der Waals surface area contributed by atoms with Crippen LogP contribution in [-0.4, -0.2) is 6.04 Å². The highest BCUT2D eigenvalue weighted by Crippen LogP contribution is 2.30. The summed E-state index contributed by atoms with van der Waals surface area (Å²) in [5.74, 6) is 0.883. The second kappa shape index (κ2) is 6.09. The number of nitrogens with one attached hydrogen (secondary N) is 1. The maximum Gasteiger partial charge on any atom is 0.0299 e. The zero-order chi connectivity index (χ0) is 14.0. The molecule has 1 N–H and O–H groups in total. The Hall–Kier alpha value is -0.820.